The summed E-state index contributed by atoms with van der Waals surface area (Å²) in [6.07, 6.45) is 5.17. The number of carbonyl (C=O) groups is 2. The zero-order chi connectivity index (χ0) is 36.6. The molecule has 1 aromatic heterocycles. The molecule has 6 heteroatoms. The van der Waals surface area contributed by atoms with Crippen LogP contribution in [-0.2, 0) is 0 Å². The monoisotopic (exact) mass is 682 g/mol. The lowest BCUT2D eigenvalue weighted by Gasteiger charge is -2.16. The fraction of sp³-hybridized carbons (Fsp3) is 0.0213. The molecule has 250 valence electrons. The van der Waals surface area contributed by atoms with Gasteiger partial charge in [-0.05, 0) is 88.9 Å². The quantitative estimate of drug-likeness (QED) is 0.0950. The van der Waals surface area contributed by atoms with Gasteiger partial charge in [0.2, 0.25) is 0 Å². The van der Waals surface area contributed by atoms with E-state index in [1.54, 1.807) is 36.4 Å². The predicted molar refractivity (Wildman–Crippen MR) is 211 cm³/mol. The third-order valence-electron chi connectivity index (χ3n) is 9.77. The first-order chi connectivity index (χ1) is 26.0. The largest absolute Gasteiger partial charge is 0.308 e. The minimum absolute atomic E-state index is 0.296. The van der Waals surface area contributed by atoms with Gasteiger partial charge in [0.1, 0.15) is 0 Å². The second kappa shape index (κ2) is 13.3. The molecule has 2 heterocycles. The lowest BCUT2D eigenvalue weighted by Crippen LogP contribution is -2.29. The molecule has 0 spiro atoms. The van der Waals surface area contributed by atoms with Crippen LogP contribution in [0.15, 0.2) is 164 Å². The first-order valence-corrected chi connectivity index (χ1v) is 17.1. The Morgan fingerprint density at radius 2 is 1.38 bits per heavy atom. The van der Waals surface area contributed by atoms with Crippen LogP contribution in [0.4, 0.5) is 5.69 Å². The first kappa shape index (κ1) is 32.7. The van der Waals surface area contributed by atoms with Crippen molar-refractivity contribution < 1.29 is 9.59 Å². The standard InChI is InChI=1S/C47H30N4O2/c1-3-12-34(28-48)37(4-2)32-21-23-39-40-24-22-33(38-18-9-8-15-35(38)29-49)27-44(40)51(43(39)26-32)42-20-11-19-41-45(42)47(53)50(46(41)52)36-17-10-16-31(25-36)30-13-6-5-7-14-30/h3-27H,1H2,2H3/b34-12-,37-4-. The van der Waals surface area contributed by atoms with E-state index in [1.165, 1.54) is 4.90 Å². The van der Waals surface area contributed by atoms with Gasteiger partial charge in [-0.1, -0.05) is 110 Å². The molecule has 0 N–H and O–H groups in total. The minimum Gasteiger partial charge on any atom is -0.308 e. The summed E-state index contributed by atoms with van der Waals surface area (Å²) < 4.78 is 2.02. The molecule has 0 saturated heterocycles. The van der Waals surface area contributed by atoms with E-state index in [0.29, 0.717) is 33.6 Å². The maximum absolute atomic E-state index is 14.6. The molecule has 6 aromatic carbocycles. The van der Waals surface area contributed by atoms with Crippen LogP contribution in [0.2, 0.25) is 0 Å². The Kier molecular flexibility index (Phi) is 8.19. The van der Waals surface area contributed by atoms with E-state index < -0.39 is 11.8 Å². The Morgan fingerprint density at radius 1 is 0.679 bits per heavy atom. The number of aromatic nitrogens is 1. The third kappa shape index (κ3) is 5.34. The Labute approximate surface area is 306 Å². The Balaban J connectivity index is 1.38. The van der Waals surface area contributed by atoms with Crippen molar-refractivity contribution in [3.05, 3.63) is 186 Å². The van der Waals surface area contributed by atoms with Gasteiger partial charge >= 0.3 is 0 Å². The van der Waals surface area contributed by atoms with Gasteiger partial charge in [0.15, 0.2) is 0 Å². The number of rotatable bonds is 7. The zero-order valence-electron chi connectivity index (χ0n) is 28.7. The van der Waals surface area contributed by atoms with Crippen LogP contribution in [0, 0.1) is 22.7 Å². The molecule has 0 aliphatic carbocycles. The van der Waals surface area contributed by atoms with E-state index in [9.17, 15) is 20.1 Å². The fourth-order valence-electron chi connectivity index (χ4n) is 7.37. The number of hydrogen-bond donors (Lipinski definition) is 0. The van der Waals surface area contributed by atoms with E-state index in [-0.39, 0.29) is 0 Å². The summed E-state index contributed by atoms with van der Waals surface area (Å²) in [5.74, 6) is -0.815. The average molecular weight is 683 g/mol. The molecule has 0 bridgehead atoms. The highest BCUT2D eigenvalue weighted by atomic mass is 16.2. The molecule has 1 aliphatic rings. The Morgan fingerprint density at radius 3 is 2.13 bits per heavy atom. The summed E-state index contributed by atoms with van der Waals surface area (Å²) in [7, 11) is 0. The van der Waals surface area contributed by atoms with Crippen molar-refractivity contribution in [2.75, 3.05) is 4.90 Å². The van der Waals surface area contributed by atoms with Crippen molar-refractivity contribution in [2.24, 2.45) is 0 Å². The van der Waals surface area contributed by atoms with E-state index in [4.69, 9.17) is 0 Å². The molecule has 1 aliphatic heterocycles. The molecule has 53 heavy (non-hydrogen) atoms. The summed E-state index contributed by atoms with van der Waals surface area (Å²) in [5, 5.41) is 21.8. The van der Waals surface area contributed by atoms with Gasteiger partial charge in [-0.25, -0.2) is 4.90 Å². The second-order valence-corrected chi connectivity index (χ2v) is 12.6. The van der Waals surface area contributed by atoms with Crippen molar-refractivity contribution in [2.45, 2.75) is 6.92 Å². The summed E-state index contributed by atoms with van der Waals surface area (Å²) >= 11 is 0. The lowest BCUT2D eigenvalue weighted by atomic mass is 9.96. The van der Waals surface area contributed by atoms with E-state index in [2.05, 4.69) is 18.7 Å². The van der Waals surface area contributed by atoms with Crippen molar-refractivity contribution in [1.82, 2.24) is 4.57 Å². The highest BCUT2D eigenvalue weighted by molar-refractivity contribution is 6.36. The molecule has 0 atom stereocenters. The van der Waals surface area contributed by atoms with E-state index in [1.807, 2.05) is 127 Å². The molecule has 6 nitrogen and oxygen atoms in total. The second-order valence-electron chi connectivity index (χ2n) is 12.6. The summed E-state index contributed by atoms with van der Waals surface area (Å²) in [6, 6.07) is 46.8. The molecule has 0 radical (unpaired) electrons. The smallest absolute Gasteiger partial charge is 0.268 e. The van der Waals surface area contributed by atoms with Crippen molar-refractivity contribution >= 4 is 44.9 Å². The van der Waals surface area contributed by atoms with Crippen molar-refractivity contribution in [3.63, 3.8) is 0 Å². The maximum Gasteiger partial charge on any atom is 0.268 e. The Bertz CT molecular complexity index is 2820. The number of imide groups is 1. The molecule has 0 unspecified atom stereocenters. The van der Waals surface area contributed by atoms with Crippen molar-refractivity contribution in [3.8, 4) is 40.1 Å². The summed E-state index contributed by atoms with van der Waals surface area (Å²) in [4.78, 5) is 30.1. The van der Waals surface area contributed by atoms with Gasteiger partial charge < -0.3 is 4.57 Å². The molecular formula is C47H30N4O2. The van der Waals surface area contributed by atoms with Crippen LogP contribution in [0.1, 0.15) is 38.8 Å². The molecule has 2 amide bonds. The van der Waals surface area contributed by atoms with Crippen LogP contribution in [-0.4, -0.2) is 16.4 Å². The number of hydrogen-bond acceptors (Lipinski definition) is 4. The highest BCUT2D eigenvalue weighted by Crippen LogP contribution is 2.41. The minimum atomic E-state index is -0.419. The molecule has 0 fully saturated rings. The van der Waals surface area contributed by atoms with E-state index >= 15 is 0 Å². The number of nitrogens with zero attached hydrogens (tertiary/aromatic N) is 4. The first-order valence-electron chi connectivity index (χ1n) is 17.1. The van der Waals surface area contributed by atoms with Gasteiger partial charge in [0.05, 0.1) is 56.8 Å². The molecule has 8 rings (SSSR count). The van der Waals surface area contributed by atoms with E-state index in [0.717, 1.165) is 55.2 Å². The SMILES string of the molecule is C=C/C=C(C#N)\C(=C/C)c1ccc2c3ccc(-c4ccccc4C#N)cc3n(-c3cccc4c3C(=O)N(c3cccc(-c5ccccc5)c3)C4=O)c2c1. The summed E-state index contributed by atoms with van der Waals surface area (Å²) in [6.45, 7) is 5.68. The number of anilines is 1. The fourth-order valence-corrected chi connectivity index (χ4v) is 7.37. The third-order valence-corrected chi connectivity index (χ3v) is 9.77. The van der Waals surface area contributed by atoms with Crippen LogP contribution >= 0.6 is 0 Å². The lowest BCUT2D eigenvalue weighted by molar-refractivity contribution is 0.0926. The normalized spacial score (nSPS) is 12.9. The Hall–Kier alpha value is -7.54. The van der Waals surface area contributed by atoms with Crippen molar-refractivity contribution in [1.29, 1.82) is 10.5 Å². The van der Waals surface area contributed by atoms with Crippen LogP contribution in [0.5, 0.6) is 0 Å². The number of carbonyl (C=O) groups excluding carboxylic acids is 2. The van der Waals surface area contributed by atoms with Crippen LogP contribution in [0.25, 0.3) is 55.3 Å². The average Bonchev–Trinajstić information content (AvgIpc) is 3.67. The number of nitriles is 2. The van der Waals surface area contributed by atoms with Gasteiger partial charge in [-0.3, -0.25) is 9.59 Å². The molecule has 7 aromatic rings. The molecule has 0 saturated carbocycles. The van der Waals surface area contributed by atoms with Gasteiger partial charge in [0, 0.05) is 10.8 Å². The maximum atomic E-state index is 14.6. The van der Waals surface area contributed by atoms with Gasteiger partial charge in [-0.2, -0.15) is 10.5 Å². The number of benzene rings is 6. The summed E-state index contributed by atoms with van der Waals surface area (Å²) in [5.41, 5.74) is 9.27. The zero-order valence-corrected chi connectivity index (χ0v) is 28.7. The van der Waals surface area contributed by atoms with Gasteiger partial charge in [-0.15, -0.1) is 0 Å². The number of allylic oxidation sites excluding steroid dienone is 5. The van der Waals surface area contributed by atoms with Gasteiger partial charge in [0.25, 0.3) is 11.8 Å². The highest BCUT2D eigenvalue weighted by Gasteiger charge is 2.39. The predicted octanol–water partition coefficient (Wildman–Crippen LogP) is 10.8. The number of fused-ring (bicyclic) bond motifs is 4. The topological polar surface area (TPSA) is 89.9 Å². The molecular weight excluding hydrogens is 653 g/mol. The van der Waals surface area contributed by atoms with Crippen LogP contribution in [0.3, 0.4) is 0 Å². The number of amides is 2. The van der Waals surface area contributed by atoms with Crippen LogP contribution < -0.4 is 4.90 Å².